The standard InChI is InChI=1S/C64H44/c1-63(2)55-24-9-7-16-42(55)44-29-27-39(35-57(44)63)60-47-18-5-6-19-48(47)61(40-28-30-45-43-17-8-10-25-56(43)64(3,4)58(45)36-40)54-34-38(26-31-53(54)60)41-32-33-52-50-21-12-15-37-14-11-20-49(59(37)50)51-23-13-22-46(41)62(51)52/h5-36H,1-4H3. The summed E-state index contributed by atoms with van der Waals surface area (Å²) < 4.78 is 0. The van der Waals surface area contributed by atoms with Gasteiger partial charge < -0.3 is 0 Å². The highest BCUT2D eigenvalue weighted by atomic mass is 14.4. The monoisotopic (exact) mass is 812 g/mol. The minimum atomic E-state index is -0.111. The maximum Gasteiger partial charge on any atom is 0.0159 e. The van der Waals surface area contributed by atoms with Gasteiger partial charge in [-0.15, -0.1) is 0 Å². The Kier molecular flexibility index (Phi) is 7.06. The molecular weight excluding hydrogens is 769 g/mol. The fourth-order valence-corrected chi connectivity index (χ4v) is 12.6. The van der Waals surface area contributed by atoms with Crippen molar-refractivity contribution in [3.05, 3.63) is 216 Å². The van der Waals surface area contributed by atoms with Crippen LogP contribution in [0, 0.1) is 0 Å². The summed E-state index contributed by atoms with van der Waals surface area (Å²) in [6.07, 6.45) is 0. The van der Waals surface area contributed by atoms with Crippen LogP contribution in [0.15, 0.2) is 194 Å². The van der Waals surface area contributed by atoms with Crippen LogP contribution in [0.1, 0.15) is 49.9 Å². The predicted octanol–water partition coefficient (Wildman–Crippen LogP) is 17.7. The molecule has 0 nitrogen and oxygen atoms in total. The van der Waals surface area contributed by atoms with Crippen molar-refractivity contribution >= 4 is 64.6 Å². The SMILES string of the molecule is CC1(C)c2ccccc2-c2ccc(-c3c4ccccc4c(-c4ccc5c(c4)C(C)(C)c4ccccc4-5)c4cc(-c5ccc6c7cccc8cccc(c9cccc5c96)c87)ccc34)cc21. The summed E-state index contributed by atoms with van der Waals surface area (Å²) in [7, 11) is 0. The Hall–Kier alpha value is -7.54. The van der Waals surface area contributed by atoms with Gasteiger partial charge in [-0.25, -0.2) is 0 Å². The molecule has 0 N–H and O–H groups in total. The summed E-state index contributed by atoms with van der Waals surface area (Å²) in [4.78, 5) is 0. The van der Waals surface area contributed by atoms with E-state index in [-0.39, 0.29) is 10.8 Å². The average molecular weight is 813 g/mol. The van der Waals surface area contributed by atoms with Gasteiger partial charge in [0.25, 0.3) is 0 Å². The minimum Gasteiger partial charge on any atom is -0.0619 e. The summed E-state index contributed by atoms with van der Waals surface area (Å²) in [6.45, 7) is 9.56. The third-order valence-electron chi connectivity index (χ3n) is 15.6. The zero-order valence-corrected chi connectivity index (χ0v) is 36.5. The topological polar surface area (TPSA) is 0 Å². The second kappa shape index (κ2) is 12.6. The van der Waals surface area contributed by atoms with Gasteiger partial charge in [0, 0.05) is 10.8 Å². The van der Waals surface area contributed by atoms with Gasteiger partial charge in [-0.2, -0.15) is 0 Å². The largest absolute Gasteiger partial charge is 0.0619 e. The van der Waals surface area contributed by atoms with Crippen molar-refractivity contribution in [3.8, 4) is 55.6 Å². The van der Waals surface area contributed by atoms with Crippen molar-refractivity contribution < 1.29 is 0 Å². The van der Waals surface area contributed by atoms with Crippen LogP contribution in [0.5, 0.6) is 0 Å². The van der Waals surface area contributed by atoms with Crippen LogP contribution < -0.4 is 0 Å². The first kappa shape index (κ1) is 36.0. The van der Waals surface area contributed by atoms with E-state index in [0.717, 1.165) is 0 Å². The van der Waals surface area contributed by atoms with Crippen molar-refractivity contribution in [1.82, 2.24) is 0 Å². The molecule has 2 aliphatic rings. The molecule has 0 atom stereocenters. The maximum absolute atomic E-state index is 2.52. The molecule has 0 fully saturated rings. The second-order valence-corrected chi connectivity index (χ2v) is 19.5. The average Bonchev–Trinajstić information content (AvgIpc) is 3.70. The van der Waals surface area contributed by atoms with Crippen LogP contribution in [0.3, 0.4) is 0 Å². The lowest BCUT2D eigenvalue weighted by atomic mass is 9.79. The van der Waals surface area contributed by atoms with E-state index >= 15 is 0 Å². The minimum absolute atomic E-state index is 0.101. The Labute approximate surface area is 373 Å². The molecule has 0 heteroatoms. The molecule has 64 heavy (non-hydrogen) atoms. The Morgan fingerprint density at radius 1 is 0.250 bits per heavy atom. The zero-order chi connectivity index (χ0) is 42.6. The van der Waals surface area contributed by atoms with Crippen molar-refractivity contribution in [3.63, 3.8) is 0 Å². The highest BCUT2D eigenvalue weighted by molar-refractivity contribution is 6.34. The van der Waals surface area contributed by atoms with Crippen LogP contribution in [-0.2, 0) is 10.8 Å². The number of hydrogen-bond acceptors (Lipinski definition) is 0. The van der Waals surface area contributed by atoms with Crippen molar-refractivity contribution in [1.29, 1.82) is 0 Å². The van der Waals surface area contributed by atoms with Gasteiger partial charge in [0.05, 0.1) is 0 Å². The van der Waals surface area contributed by atoms with Crippen LogP contribution in [0.2, 0.25) is 0 Å². The van der Waals surface area contributed by atoms with E-state index in [1.807, 2.05) is 0 Å². The molecule has 0 bridgehead atoms. The van der Waals surface area contributed by atoms with Gasteiger partial charge in [-0.3, -0.25) is 0 Å². The van der Waals surface area contributed by atoms with E-state index in [4.69, 9.17) is 0 Å². The van der Waals surface area contributed by atoms with E-state index in [2.05, 4.69) is 222 Å². The Bertz CT molecular complexity index is 3950. The van der Waals surface area contributed by atoms with Gasteiger partial charge in [0.2, 0.25) is 0 Å². The second-order valence-electron chi connectivity index (χ2n) is 19.5. The highest BCUT2D eigenvalue weighted by Gasteiger charge is 2.37. The van der Waals surface area contributed by atoms with Crippen LogP contribution >= 0.6 is 0 Å². The molecule has 0 heterocycles. The fourth-order valence-electron chi connectivity index (χ4n) is 12.6. The van der Waals surface area contributed by atoms with Crippen molar-refractivity contribution in [2.24, 2.45) is 0 Å². The quantitative estimate of drug-likeness (QED) is 0.123. The number of rotatable bonds is 3. The van der Waals surface area contributed by atoms with Crippen molar-refractivity contribution in [2.75, 3.05) is 0 Å². The molecule has 0 spiro atoms. The smallest absolute Gasteiger partial charge is 0.0159 e. The van der Waals surface area contributed by atoms with E-state index in [1.54, 1.807) is 0 Å². The Morgan fingerprint density at radius 2 is 0.656 bits per heavy atom. The summed E-state index contributed by atoms with van der Waals surface area (Å²) in [5.41, 5.74) is 18.4. The lowest BCUT2D eigenvalue weighted by molar-refractivity contribution is 0.660. The number of fused-ring (bicyclic) bond motifs is 10. The first-order chi connectivity index (χ1) is 31.3. The van der Waals surface area contributed by atoms with Gasteiger partial charge in [0.1, 0.15) is 0 Å². The van der Waals surface area contributed by atoms with E-state index in [9.17, 15) is 0 Å². The molecule has 0 radical (unpaired) electrons. The van der Waals surface area contributed by atoms with Gasteiger partial charge >= 0.3 is 0 Å². The van der Waals surface area contributed by atoms with Crippen LogP contribution in [0.25, 0.3) is 120 Å². The fraction of sp³-hybridized carbons (Fsp3) is 0.0938. The van der Waals surface area contributed by atoms with E-state index < -0.39 is 0 Å². The third-order valence-corrected chi connectivity index (χ3v) is 15.6. The summed E-state index contributed by atoms with van der Waals surface area (Å²) in [6, 6.07) is 74.2. The maximum atomic E-state index is 2.52. The van der Waals surface area contributed by atoms with Crippen LogP contribution in [0.4, 0.5) is 0 Å². The zero-order valence-electron chi connectivity index (χ0n) is 36.5. The molecule has 0 aliphatic heterocycles. The molecule has 14 rings (SSSR count). The summed E-state index contributed by atoms with van der Waals surface area (Å²) >= 11 is 0. The lowest BCUT2D eigenvalue weighted by Crippen LogP contribution is -2.15. The number of benzene rings is 12. The lowest BCUT2D eigenvalue weighted by Gasteiger charge is -2.24. The molecule has 12 aromatic carbocycles. The molecule has 12 aromatic rings. The number of hydrogen-bond donors (Lipinski definition) is 0. The van der Waals surface area contributed by atoms with E-state index in [1.165, 1.54) is 143 Å². The normalized spacial score (nSPS) is 14.5. The molecule has 2 aliphatic carbocycles. The Balaban J connectivity index is 1.07. The van der Waals surface area contributed by atoms with Crippen LogP contribution in [-0.4, -0.2) is 0 Å². The molecular formula is C64H44. The predicted molar refractivity (Wildman–Crippen MR) is 274 cm³/mol. The van der Waals surface area contributed by atoms with Gasteiger partial charge in [0.15, 0.2) is 0 Å². The molecule has 300 valence electrons. The van der Waals surface area contributed by atoms with Crippen molar-refractivity contribution in [2.45, 2.75) is 38.5 Å². The van der Waals surface area contributed by atoms with Gasteiger partial charge in [-0.05, 0) is 161 Å². The Morgan fingerprint density at radius 3 is 1.27 bits per heavy atom. The molecule has 0 saturated carbocycles. The van der Waals surface area contributed by atoms with Gasteiger partial charge in [-0.1, -0.05) is 204 Å². The van der Waals surface area contributed by atoms with E-state index in [0.29, 0.717) is 0 Å². The summed E-state index contributed by atoms with van der Waals surface area (Å²) in [5, 5.41) is 15.7. The highest BCUT2D eigenvalue weighted by Crippen LogP contribution is 2.54. The molecule has 0 saturated heterocycles. The first-order valence-corrected chi connectivity index (χ1v) is 22.8. The summed E-state index contributed by atoms with van der Waals surface area (Å²) in [5.74, 6) is 0. The third kappa shape index (κ3) is 4.62. The molecule has 0 unspecified atom stereocenters. The molecule has 0 aromatic heterocycles. The molecule has 0 amide bonds. The first-order valence-electron chi connectivity index (χ1n) is 22.8.